The summed E-state index contributed by atoms with van der Waals surface area (Å²) in [5, 5.41) is 2.75. The van der Waals surface area contributed by atoms with Gasteiger partial charge in [0.25, 0.3) is 0 Å². The van der Waals surface area contributed by atoms with Crippen molar-refractivity contribution in [3.8, 4) is 0 Å². The van der Waals surface area contributed by atoms with Gasteiger partial charge in [-0.3, -0.25) is 9.52 Å². The van der Waals surface area contributed by atoms with Crippen LogP contribution in [0.1, 0.15) is 20.3 Å². The maximum Gasteiger partial charge on any atom is 0.242 e. The van der Waals surface area contributed by atoms with Crippen molar-refractivity contribution < 1.29 is 13.2 Å². The summed E-state index contributed by atoms with van der Waals surface area (Å²) in [4.78, 5) is 11.6. The highest BCUT2D eigenvalue weighted by molar-refractivity contribution is 9.10. The van der Waals surface area contributed by atoms with Crippen LogP contribution in [0.5, 0.6) is 0 Å². The quantitative estimate of drug-likeness (QED) is 0.776. The van der Waals surface area contributed by atoms with Crippen LogP contribution in [0.4, 0.5) is 11.4 Å². The third-order valence-electron chi connectivity index (χ3n) is 2.18. The molecular weight excluding hydrogens is 332 g/mol. The third-order valence-corrected chi connectivity index (χ3v) is 4.82. The van der Waals surface area contributed by atoms with Gasteiger partial charge in [0, 0.05) is 17.8 Å². The van der Waals surface area contributed by atoms with Gasteiger partial charge in [-0.2, -0.15) is 0 Å². The summed E-state index contributed by atoms with van der Waals surface area (Å²) in [6, 6.07) is 6.52. The van der Waals surface area contributed by atoms with E-state index in [0.717, 1.165) is 0 Å². The number of benzene rings is 1. The van der Waals surface area contributed by atoms with E-state index in [2.05, 4.69) is 26.0 Å². The number of carbonyl (C=O) groups is 1. The Morgan fingerprint density at radius 3 is 2.21 bits per heavy atom. The van der Waals surface area contributed by atoms with Crippen molar-refractivity contribution in [1.82, 2.24) is 0 Å². The highest BCUT2D eigenvalue weighted by atomic mass is 79.9. The Kier molecular flexibility index (Phi) is 5.81. The van der Waals surface area contributed by atoms with Crippen LogP contribution >= 0.6 is 15.9 Å². The number of sulfonamides is 1. The Morgan fingerprint density at radius 1 is 1.21 bits per heavy atom. The van der Waals surface area contributed by atoms with Gasteiger partial charge in [-0.05, 0) is 30.2 Å². The number of hydrogen-bond donors (Lipinski definition) is 2. The van der Waals surface area contributed by atoms with Crippen LogP contribution in [-0.2, 0) is 14.8 Å². The fraction of sp³-hybridized carbons (Fsp3) is 0.417. The largest absolute Gasteiger partial charge is 0.326 e. The topological polar surface area (TPSA) is 75.3 Å². The van der Waals surface area contributed by atoms with E-state index in [0.29, 0.717) is 23.7 Å². The van der Waals surface area contributed by atoms with Crippen LogP contribution in [0.3, 0.4) is 0 Å². The molecule has 2 N–H and O–H groups in total. The monoisotopic (exact) mass is 348 g/mol. The van der Waals surface area contributed by atoms with E-state index in [1.54, 1.807) is 24.3 Å². The molecule has 0 unspecified atom stereocenters. The molecule has 0 aliphatic heterocycles. The lowest BCUT2D eigenvalue weighted by Crippen LogP contribution is -2.14. The lowest BCUT2D eigenvalue weighted by Gasteiger charge is -2.09. The number of alkyl halides is 1. The van der Waals surface area contributed by atoms with Gasteiger partial charge in [0.1, 0.15) is 4.66 Å². The van der Waals surface area contributed by atoms with Gasteiger partial charge in [-0.25, -0.2) is 8.42 Å². The first-order valence-corrected chi connectivity index (χ1v) is 8.56. The number of carbonyl (C=O) groups excluding carboxylic acids is 1. The zero-order valence-corrected chi connectivity index (χ0v) is 13.2. The molecule has 106 valence electrons. The Balaban J connectivity index is 2.64. The first kappa shape index (κ1) is 16.0. The van der Waals surface area contributed by atoms with Crippen molar-refractivity contribution in [2.24, 2.45) is 5.92 Å². The van der Waals surface area contributed by atoms with Gasteiger partial charge in [-0.1, -0.05) is 29.8 Å². The number of anilines is 2. The highest BCUT2D eigenvalue weighted by Crippen LogP contribution is 2.16. The fourth-order valence-corrected chi connectivity index (χ4v) is 2.30. The number of amides is 1. The molecule has 1 aromatic rings. The molecule has 0 saturated heterocycles. The van der Waals surface area contributed by atoms with E-state index in [1.165, 1.54) is 0 Å². The van der Waals surface area contributed by atoms with Crippen LogP contribution in [0, 0.1) is 5.92 Å². The molecule has 7 heteroatoms. The highest BCUT2D eigenvalue weighted by Gasteiger charge is 2.08. The maximum absolute atomic E-state index is 11.6. The number of nitrogens with one attached hydrogen (secondary N) is 2. The minimum Gasteiger partial charge on any atom is -0.326 e. The molecule has 0 atom stereocenters. The molecule has 1 aromatic carbocycles. The summed E-state index contributed by atoms with van der Waals surface area (Å²) in [7, 11) is -3.35. The Bertz CT molecular complexity index is 526. The van der Waals surface area contributed by atoms with E-state index in [4.69, 9.17) is 0 Å². The summed E-state index contributed by atoms with van der Waals surface area (Å²) in [5.74, 6) is 0.244. The van der Waals surface area contributed by atoms with E-state index in [-0.39, 0.29) is 10.6 Å². The van der Waals surface area contributed by atoms with Crippen molar-refractivity contribution in [2.45, 2.75) is 20.3 Å². The van der Waals surface area contributed by atoms with Crippen molar-refractivity contribution in [2.75, 3.05) is 14.7 Å². The Hall–Kier alpha value is -1.08. The molecule has 1 amide bonds. The fourth-order valence-electron chi connectivity index (χ4n) is 1.41. The summed E-state index contributed by atoms with van der Waals surface area (Å²) in [6.07, 6.45) is 0.456. The average Bonchev–Trinajstić information content (AvgIpc) is 2.30. The molecule has 0 fully saturated rings. The second kappa shape index (κ2) is 6.91. The van der Waals surface area contributed by atoms with Crippen LogP contribution < -0.4 is 10.0 Å². The summed E-state index contributed by atoms with van der Waals surface area (Å²) in [6.45, 7) is 3.94. The summed E-state index contributed by atoms with van der Waals surface area (Å²) < 4.78 is 24.9. The second-order valence-corrected chi connectivity index (χ2v) is 7.57. The zero-order chi connectivity index (χ0) is 14.5. The van der Waals surface area contributed by atoms with Crippen LogP contribution in [0.2, 0.25) is 0 Å². The molecule has 0 aromatic heterocycles. The van der Waals surface area contributed by atoms with Crippen molar-refractivity contribution >= 4 is 43.2 Å². The predicted octanol–water partition coefficient (Wildman–Crippen LogP) is 2.77. The minimum absolute atomic E-state index is 0.0520. The number of halogens is 1. The van der Waals surface area contributed by atoms with Gasteiger partial charge in [0.15, 0.2) is 0 Å². The van der Waals surface area contributed by atoms with E-state index in [9.17, 15) is 13.2 Å². The average molecular weight is 349 g/mol. The zero-order valence-electron chi connectivity index (χ0n) is 10.8. The van der Waals surface area contributed by atoms with Gasteiger partial charge in [0.05, 0.1) is 0 Å². The SMILES string of the molecule is CC(C)CC(=O)Nc1ccc(NS(=O)(=O)CBr)cc1. The van der Waals surface area contributed by atoms with E-state index < -0.39 is 10.0 Å². The Morgan fingerprint density at radius 2 is 1.74 bits per heavy atom. The molecule has 19 heavy (non-hydrogen) atoms. The van der Waals surface area contributed by atoms with Gasteiger partial charge < -0.3 is 5.32 Å². The molecular formula is C12H17BrN2O3S. The van der Waals surface area contributed by atoms with Gasteiger partial charge in [0.2, 0.25) is 15.9 Å². The van der Waals surface area contributed by atoms with Crippen LogP contribution in [0.25, 0.3) is 0 Å². The predicted molar refractivity (Wildman–Crippen MR) is 80.9 cm³/mol. The van der Waals surface area contributed by atoms with E-state index in [1.807, 2.05) is 13.8 Å². The molecule has 0 aliphatic carbocycles. The number of hydrogen-bond acceptors (Lipinski definition) is 3. The van der Waals surface area contributed by atoms with Crippen molar-refractivity contribution in [3.63, 3.8) is 0 Å². The first-order chi connectivity index (χ1) is 8.82. The van der Waals surface area contributed by atoms with E-state index >= 15 is 0 Å². The maximum atomic E-state index is 11.6. The van der Waals surface area contributed by atoms with Crippen molar-refractivity contribution in [1.29, 1.82) is 0 Å². The normalized spacial score (nSPS) is 11.4. The third kappa shape index (κ3) is 6.07. The van der Waals surface area contributed by atoms with Gasteiger partial charge in [-0.15, -0.1) is 0 Å². The molecule has 0 bridgehead atoms. The summed E-state index contributed by atoms with van der Waals surface area (Å²) >= 11 is 2.89. The smallest absolute Gasteiger partial charge is 0.242 e. The number of rotatable bonds is 6. The lowest BCUT2D eigenvalue weighted by atomic mass is 10.1. The Labute approximate surface area is 122 Å². The van der Waals surface area contributed by atoms with Crippen LogP contribution in [0.15, 0.2) is 24.3 Å². The van der Waals surface area contributed by atoms with Crippen molar-refractivity contribution in [3.05, 3.63) is 24.3 Å². The summed E-state index contributed by atoms with van der Waals surface area (Å²) in [5.41, 5.74) is 1.11. The second-order valence-electron chi connectivity index (χ2n) is 4.55. The molecule has 0 saturated carbocycles. The standard InChI is InChI=1S/C12H17BrN2O3S/c1-9(2)7-12(16)14-10-3-5-11(6-4-10)15-19(17,18)8-13/h3-6,9,15H,7-8H2,1-2H3,(H,14,16). The van der Waals surface area contributed by atoms with Crippen LogP contribution in [-0.4, -0.2) is 19.0 Å². The molecule has 1 rings (SSSR count). The molecule has 0 spiro atoms. The molecule has 0 heterocycles. The van der Waals surface area contributed by atoms with Gasteiger partial charge >= 0.3 is 0 Å². The minimum atomic E-state index is -3.35. The molecule has 0 aliphatic rings. The first-order valence-electron chi connectivity index (χ1n) is 5.79. The molecule has 0 radical (unpaired) electrons. The molecule has 5 nitrogen and oxygen atoms in total. The lowest BCUT2D eigenvalue weighted by molar-refractivity contribution is -0.116.